The lowest BCUT2D eigenvalue weighted by atomic mass is 10.3. The van der Waals surface area contributed by atoms with Crippen LogP contribution in [0.2, 0.25) is 0 Å². The molecule has 0 aromatic rings. The van der Waals surface area contributed by atoms with Crippen LogP contribution >= 0.6 is 0 Å². The minimum Gasteiger partial charge on any atom is -0.330 e. The summed E-state index contributed by atoms with van der Waals surface area (Å²) >= 11 is 0. The molecule has 0 unspecified atom stereocenters. The molecule has 0 atom stereocenters. The number of hydrogen-bond donors (Lipinski definition) is 2. The van der Waals surface area contributed by atoms with E-state index < -0.39 is 5.67 Å². The number of rotatable bonds is 5. The van der Waals surface area contributed by atoms with Crippen LogP contribution < -0.4 is 11.1 Å². The second-order valence-corrected chi connectivity index (χ2v) is 2.97. The van der Waals surface area contributed by atoms with E-state index >= 15 is 0 Å². The highest BCUT2D eigenvalue weighted by Gasteiger charge is 2.42. The van der Waals surface area contributed by atoms with Crippen molar-refractivity contribution in [3.63, 3.8) is 0 Å². The van der Waals surface area contributed by atoms with Gasteiger partial charge in [0, 0.05) is 6.54 Å². The van der Waals surface area contributed by atoms with Crippen molar-refractivity contribution in [3.05, 3.63) is 0 Å². The van der Waals surface area contributed by atoms with Crippen molar-refractivity contribution < 1.29 is 4.39 Å². The normalized spacial score (nSPS) is 21.0. The molecule has 0 bridgehead atoms. The molecular weight excluding hydrogens is 131 g/mol. The van der Waals surface area contributed by atoms with Gasteiger partial charge in [-0.1, -0.05) is 0 Å². The van der Waals surface area contributed by atoms with Crippen LogP contribution in [-0.4, -0.2) is 25.3 Å². The van der Waals surface area contributed by atoms with Crippen molar-refractivity contribution in [2.45, 2.75) is 24.9 Å². The molecule has 0 radical (unpaired) electrons. The van der Waals surface area contributed by atoms with Crippen LogP contribution in [0.15, 0.2) is 0 Å². The van der Waals surface area contributed by atoms with Crippen molar-refractivity contribution in [1.82, 2.24) is 5.32 Å². The summed E-state index contributed by atoms with van der Waals surface area (Å²) in [5.74, 6) is 0. The van der Waals surface area contributed by atoms with Crippen LogP contribution in [0.5, 0.6) is 0 Å². The lowest BCUT2D eigenvalue weighted by Gasteiger charge is -2.05. The van der Waals surface area contributed by atoms with Crippen LogP contribution in [-0.2, 0) is 0 Å². The standard InChI is InChI=1S/C7H15FN2/c8-7(2-3-7)6-10-5-1-4-9/h10H,1-6,9H2. The van der Waals surface area contributed by atoms with Gasteiger partial charge in [0.2, 0.25) is 0 Å². The highest BCUT2D eigenvalue weighted by Crippen LogP contribution is 2.38. The molecule has 1 rings (SSSR count). The van der Waals surface area contributed by atoms with Crippen LogP contribution in [0.4, 0.5) is 4.39 Å². The van der Waals surface area contributed by atoms with Gasteiger partial charge in [0.05, 0.1) is 0 Å². The second kappa shape index (κ2) is 3.30. The summed E-state index contributed by atoms with van der Waals surface area (Å²) < 4.78 is 12.8. The highest BCUT2D eigenvalue weighted by molar-refractivity contribution is 4.95. The van der Waals surface area contributed by atoms with Gasteiger partial charge in [-0.25, -0.2) is 4.39 Å². The SMILES string of the molecule is NCCCNCC1(F)CC1. The van der Waals surface area contributed by atoms with Crippen LogP contribution in [0.3, 0.4) is 0 Å². The molecule has 3 heteroatoms. The Morgan fingerprint density at radius 2 is 2.20 bits per heavy atom. The van der Waals surface area contributed by atoms with Crippen LogP contribution in [0, 0.1) is 0 Å². The van der Waals surface area contributed by atoms with Gasteiger partial charge in [-0.15, -0.1) is 0 Å². The van der Waals surface area contributed by atoms with E-state index in [1.807, 2.05) is 0 Å². The fourth-order valence-corrected chi connectivity index (χ4v) is 0.852. The first kappa shape index (κ1) is 7.95. The summed E-state index contributed by atoms with van der Waals surface area (Å²) in [6.07, 6.45) is 2.42. The number of nitrogens with two attached hydrogens (primary N) is 1. The van der Waals surface area contributed by atoms with E-state index in [1.54, 1.807) is 0 Å². The second-order valence-electron chi connectivity index (χ2n) is 2.97. The van der Waals surface area contributed by atoms with Crippen molar-refractivity contribution in [2.75, 3.05) is 19.6 Å². The molecule has 0 heterocycles. The molecule has 1 aliphatic rings. The maximum atomic E-state index is 12.8. The first-order valence-corrected chi connectivity index (χ1v) is 3.86. The minimum atomic E-state index is -0.853. The largest absolute Gasteiger partial charge is 0.330 e. The van der Waals surface area contributed by atoms with Gasteiger partial charge in [-0.05, 0) is 32.4 Å². The van der Waals surface area contributed by atoms with Crippen LogP contribution in [0.25, 0.3) is 0 Å². The summed E-state index contributed by atoms with van der Waals surface area (Å²) in [4.78, 5) is 0. The van der Waals surface area contributed by atoms with Crippen LogP contribution in [0.1, 0.15) is 19.3 Å². The van der Waals surface area contributed by atoms with E-state index in [4.69, 9.17) is 5.73 Å². The van der Waals surface area contributed by atoms with Gasteiger partial charge in [0.1, 0.15) is 5.67 Å². The summed E-state index contributed by atoms with van der Waals surface area (Å²) in [5.41, 5.74) is 4.41. The molecule has 1 saturated carbocycles. The Morgan fingerprint density at radius 3 is 2.70 bits per heavy atom. The summed E-state index contributed by atoms with van der Waals surface area (Å²) in [6.45, 7) is 2.06. The zero-order chi connectivity index (χ0) is 7.45. The topological polar surface area (TPSA) is 38.0 Å². The molecule has 3 N–H and O–H groups in total. The zero-order valence-electron chi connectivity index (χ0n) is 6.20. The van der Waals surface area contributed by atoms with Crippen molar-refractivity contribution in [2.24, 2.45) is 5.73 Å². The molecule has 0 saturated heterocycles. The first-order chi connectivity index (χ1) is 4.77. The van der Waals surface area contributed by atoms with E-state index in [1.165, 1.54) is 0 Å². The molecule has 2 nitrogen and oxygen atoms in total. The van der Waals surface area contributed by atoms with Crippen molar-refractivity contribution in [3.8, 4) is 0 Å². The lowest BCUT2D eigenvalue weighted by molar-refractivity contribution is 0.296. The first-order valence-electron chi connectivity index (χ1n) is 3.86. The van der Waals surface area contributed by atoms with Crippen molar-refractivity contribution >= 4 is 0 Å². The average Bonchev–Trinajstić information content (AvgIpc) is 2.62. The van der Waals surface area contributed by atoms with Crippen molar-refractivity contribution in [1.29, 1.82) is 0 Å². The Balaban J connectivity index is 1.86. The molecule has 60 valence electrons. The molecule has 1 fully saturated rings. The maximum absolute atomic E-state index is 12.8. The highest BCUT2D eigenvalue weighted by atomic mass is 19.1. The molecule has 0 spiro atoms. The summed E-state index contributed by atoms with van der Waals surface area (Å²) in [6, 6.07) is 0. The molecule has 0 aliphatic heterocycles. The Morgan fingerprint density at radius 1 is 1.50 bits per heavy atom. The zero-order valence-corrected chi connectivity index (χ0v) is 6.20. The third-order valence-electron chi connectivity index (χ3n) is 1.79. The smallest absolute Gasteiger partial charge is 0.123 e. The Labute approximate surface area is 61.0 Å². The molecular formula is C7H15FN2. The van der Waals surface area contributed by atoms with Gasteiger partial charge in [0.25, 0.3) is 0 Å². The van der Waals surface area contributed by atoms with Gasteiger partial charge in [-0.2, -0.15) is 0 Å². The Bertz CT molecular complexity index is 102. The fraction of sp³-hybridized carbons (Fsp3) is 1.00. The van der Waals surface area contributed by atoms with E-state index in [0.29, 0.717) is 13.1 Å². The minimum absolute atomic E-state index is 0.521. The maximum Gasteiger partial charge on any atom is 0.123 e. The van der Waals surface area contributed by atoms with E-state index in [2.05, 4.69) is 5.32 Å². The predicted molar refractivity (Wildman–Crippen MR) is 39.6 cm³/mol. The van der Waals surface area contributed by atoms with Gasteiger partial charge in [0.15, 0.2) is 0 Å². The number of alkyl halides is 1. The Kier molecular flexibility index (Phi) is 2.63. The molecule has 0 aromatic heterocycles. The average molecular weight is 146 g/mol. The number of halogens is 1. The number of nitrogens with one attached hydrogen (secondary N) is 1. The quantitative estimate of drug-likeness (QED) is 0.552. The molecule has 0 aromatic carbocycles. The van der Waals surface area contributed by atoms with Gasteiger partial charge in [-0.3, -0.25) is 0 Å². The fourth-order valence-electron chi connectivity index (χ4n) is 0.852. The summed E-state index contributed by atoms with van der Waals surface area (Å²) in [5, 5.41) is 3.03. The summed E-state index contributed by atoms with van der Waals surface area (Å²) in [7, 11) is 0. The molecule has 10 heavy (non-hydrogen) atoms. The Hall–Kier alpha value is -0.150. The predicted octanol–water partition coefficient (Wildman–Crippen LogP) is 0.427. The lowest BCUT2D eigenvalue weighted by Crippen LogP contribution is -2.27. The molecule has 1 aliphatic carbocycles. The number of hydrogen-bond acceptors (Lipinski definition) is 2. The van der Waals surface area contributed by atoms with E-state index in [9.17, 15) is 4.39 Å². The molecule has 0 amide bonds. The third kappa shape index (κ3) is 2.62. The van der Waals surface area contributed by atoms with E-state index in [-0.39, 0.29) is 0 Å². The van der Waals surface area contributed by atoms with E-state index in [0.717, 1.165) is 25.8 Å². The van der Waals surface area contributed by atoms with Gasteiger partial charge < -0.3 is 11.1 Å². The van der Waals surface area contributed by atoms with Gasteiger partial charge >= 0.3 is 0 Å². The third-order valence-corrected chi connectivity index (χ3v) is 1.79. The monoisotopic (exact) mass is 146 g/mol.